The molecule has 0 fully saturated rings. The molecule has 13 heavy (non-hydrogen) atoms. The summed E-state index contributed by atoms with van der Waals surface area (Å²) in [5.74, 6) is 2.63. The molecule has 0 saturated carbocycles. The normalized spacial score (nSPS) is 10.0. The third-order valence-corrected chi connectivity index (χ3v) is 1.90. The Labute approximate surface area is 80.4 Å². The average Bonchev–Trinajstić information content (AvgIpc) is 2.04. The van der Waals surface area contributed by atoms with Crippen LogP contribution in [0, 0.1) is 19.3 Å². The number of aryl methyl sites for hydroxylation is 1. The van der Waals surface area contributed by atoms with Crippen molar-refractivity contribution >= 4 is 0 Å². The van der Waals surface area contributed by atoms with Crippen molar-refractivity contribution in [1.29, 1.82) is 0 Å². The molecule has 1 aromatic carbocycles. The van der Waals surface area contributed by atoms with Gasteiger partial charge in [0, 0.05) is 6.54 Å². The maximum atomic E-state index is 5.22. The predicted octanol–water partition coefficient (Wildman–Crippen LogP) is 2.06. The van der Waals surface area contributed by atoms with Gasteiger partial charge in [0.25, 0.3) is 0 Å². The summed E-state index contributed by atoms with van der Waals surface area (Å²) < 4.78 is 0. The summed E-state index contributed by atoms with van der Waals surface area (Å²) in [7, 11) is 2.03. The minimum atomic E-state index is 0.702. The van der Waals surface area contributed by atoms with Gasteiger partial charge in [0.05, 0.1) is 6.54 Å². The van der Waals surface area contributed by atoms with Gasteiger partial charge in [-0.2, -0.15) is 0 Å². The standard InChI is InChI=1S/C12H15N/c1-4-8-13(3)10-12-7-5-6-11(2)9-12/h1,5-7,9H,8,10H2,2-3H3. The molecule has 0 bridgehead atoms. The zero-order valence-corrected chi connectivity index (χ0v) is 8.25. The third-order valence-electron chi connectivity index (χ3n) is 1.90. The van der Waals surface area contributed by atoms with Crippen LogP contribution in [0.1, 0.15) is 11.1 Å². The van der Waals surface area contributed by atoms with Gasteiger partial charge in [-0.25, -0.2) is 0 Å². The zero-order chi connectivity index (χ0) is 9.68. The van der Waals surface area contributed by atoms with Gasteiger partial charge in [0.1, 0.15) is 0 Å². The van der Waals surface area contributed by atoms with Gasteiger partial charge < -0.3 is 0 Å². The third kappa shape index (κ3) is 3.31. The van der Waals surface area contributed by atoms with E-state index in [9.17, 15) is 0 Å². The molecule has 0 radical (unpaired) electrons. The summed E-state index contributed by atoms with van der Waals surface area (Å²) in [6.45, 7) is 3.73. The molecule has 0 unspecified atom stereocenters. The molecular weight excluding hydrogens is 158 g/mol. The Hall–Kier alpha value is -1.26. The lowest BCUT2D eigenvalue weighted by molar-refractivity contribution is 0.369. The van der Waals surface area contributed by atoms with Gasteiger partial charge in [-0.3, -0.25) is 4.90 Å². The first-order chi connectivity index (χ1) is 6.22. The van der Waals surface area contributed by atoms with Crippen LogP contribution in [0.2, 0.25) is 0 Å². The van der Waals surface area contributed by atoms with Crippen LogP contribution in [-0.4, -0.2) is 18.5 Å². The Morgan fingerprint density at radius 3 is 2.85 bits per heavy atom. The van der Waals surface area contributed by atoms with E-state index in [-0.39, 0.29) is 0 Å². The summed E-state index contributed by atoms with van der Waals surface area (Å²) in [4.78, 5) is 2.12. The molecule has 0 aliphatic heterocycles. The second kappa shape index (κ2) is 4.69. The zero-order valence-electron chi connectivity index (χ0n) is 8.25. The first-order valence-corrected chi connectivity index (χ1v) is 4.40. The minimum Gasteiger partial charge on any atom is -0.291 e. The van der Waals surface area contributed by atoms with Gasteiger partial charge in [0.15, 0.2) is 0 Å². The highest BCUT2D eigenvalue weighted by Gasteiger charge is 1.97. The molecule has 0 aromatic heterocycles. The lowest BCUT2D eigenvalue weighted by Gasteiger charge is -2.13. The number of rotatable bonds is 3. The van der Waals surface area contributed by atoms with Gasteiger partial charge in [-0.1, -0.05) is 35.7 Å². The number of hydrogen-bond donors (Lipinski definition) is 0. The molecule has 68 valence electrons. The summed E-state index contributed by atoms with van der Waals surface area (Å²) in [6, 6.07) is 8.49. The van der Waals surface area contributed by atoms with Gasteiger partial charge >= 0.3 is 0 Å². The molecule has 1 nitrogen and oxygen atoms in total. The maximum Gasteiger partial charge on any atom is 0.0599 e. The van der Waals surface area contributed by atoms with Crippen LogP contribution in [0.4, 0.5) is 0 Å². The van der Waals surface area contributed by atoms with Gasteiger partial charge in [0.2, 0.25) is 0 Å². The fourth-order valence-corrected chi connectivity index (χ4v) is 1.33. The molecular formula is C12H15N. The number of hydrogen-bond acceptors (Lipinski definition) is 1. The van der Waals surface area contributed by atoms with E-state index in [1.54, 1.807) is 0 Å². The molecule has 0 saturated heterocycles. The Kier molecular flexibility index (Phi) is 3.54. The van der Waals surface area contributed by atoms with E-state index >= 15 is 0 Å². The first kappa shape index (κ1) is 9.83. The molecule has 1 aromatic rings. The monoisotopic (exact) mass is 173 g/mol. The van der Waals surface area contributed by atoms with Crippen molar-refractivity contribution in [2.45, 2.75) is 13.5 Å². The van der Waals surface area contributed by atoms with Crippen LogP contribution in [0.3, 0.4) is 0 Å². The first-order valence-electron chi connectivity index (χ1n) is 4.40. The maximum absolute atomic E-state index is 5.22. The Balaban J connectivity index is 2.59. The summed E-state index contributed by atoms with van der Waals surface area (Å²) in [5, 5.41) is 0. The van der Waals surface area contributed by atoms with Crippen molar-refractivity contribution in [3.05, 3.63) is 35.4 Å². The second-order valence-electron chi connectivity index (χ2n) is 3.37. The van der Waals surface area contributed by atoms with Gasteiger partial charge in [-0.05, 0) is 19.5 Å². The average molecular weight is 173 g/mol. The van der Waals surface area contributed by atoms with Crippen LogP contribution < -0.4 is 0 Å². The Bertz CT molecular complexity index is 309. The highest BCUT2D eigenvalue weighted by molar-refractivity contribution is 5.22. The molecule has 0 N–H and O–H groups in total. The molecule has 0 amide bonds. The van der Waals surface area contributed by atoms with E-state index in [2.05, 4.69) is 42.0 Å². The van der Waals surface area contributed by atoms with E-state index in [0.717, 1.165) is 6.54 Å². The minimum absolute atomic E-state index is 0.702. The van der Waals surface area contributed by atoms with Crippen LogP contribution in [-0.2, 0) is 6.54 Å². The van der Waals surface area contributed by atoms with Crippen LogP contribution in [0.5, 0.6) is 0 Å². The molecule has 0 aliphatic carbocycles. The predicted molar refractivity (Wildman–Crippen MR) is 56.3 cm³/mol. The molecule has 0 atom stereocenters. The second-order valence-corrected chi connectivity index (χ2v) is 3.37. The SMILES string of the molecule is C#CCN(C)Cc1cccc(C)c1. The summed E-state index contributed by atoms with van der Waals surface area (Å²) in [5.41, 5.74) is 2.62. The highest BCUT2D eigenvalue weighted by Crippen LogP contribution is 2.05. The number of nitrogens with zero attached hydrogens (tertiary/aromatic N) is 1. The van der Waals surface area contributed by atoms with Gasteiger partial charge in [-0.15, -0.1) is 6.42 Å². The molecule has 0 spiro atoms. The quantitative estimate of drug-likeness (QED) is 0.632. The van der Waals surface area contributed by atoms with Crippen molar-refractivity contribution in [3.8, 4) is 12.3 Å². The van der Waals surface area contributed by atoms with Crippen LogP contribution >= 0.6 is 0 Å². The van der Waals surface area contributed by atoms with E-state index in [1.165, 1.54) is 11.1 Å². The number of terminal acetylenes is 1. The lowest BCUT2D eigenvalue weighted by atomic mass is 10.1. The summed E-state index contributed by atoms with van der Waals surface area (Å²) in [6.07, 6.45) is 5.22. The molecule has 1 heteroatoms. The van der Waals surface area contributed by atoms with Crippen molar-refractivity contribution in [2.75, 3.05) is 13.6 Å². The van der Waals surface area contributed by atoms with Crippen molar-refractivity contribution in [1.82, 2.24) is 4.90 Å². The highest BCUT2D eigenvalue weighted by atomic mass is 15.1. The van der Waals surface area contributed by atoms with Crippen molar-refractivity contribution in [3.63, 3.8) is 0 Å². The van der Waals surface area contributed by atoms with E-state index < -0.39 is 0 Å². The van der Waals surface area contributed by atoms with Crippen molar-refractivity contribution < 1.29 is 0 Å². The van der Waals surface area contributed by atoms with Crippen molar-refractivity contribution in [2.24, 2.45) is 0 Å². The molecule has 0 heterocycles. The Morgan fingerprint density at radius 1 is 1.46 bits per heavy atom. The fourth-order valence-electron chi connectivity index (χ4n) is 1.33. The lowest BCUT2D eigenvalue weighted by Crippen LogP contribution is -2.17. The topological polar surface area (TPSA) is 3.24 Å². The van der Waals surface area contributed by atoms with E-state index in [0.29, 0.717) is 6.54 Å². The molecule has 1 rings (SSSR count). The van der Waals surface area contributed by atoms with E-state index in [4.69, 9.17) is 6.42 Å². The largest absolute Gasteiger partial charge is 0.291 e. The Morgan fingerprint density at radius 2 is 2.23 bits per heavy atom. The number of benzene rings is 1. The molecule has 0 aliphatic rings. The smallest absolute Gasteiger partial charge is 0.0599 e. The summed E-state index contributed by atoms with van der Waals surface area (Å²) >= 11 is 0. The van der Waals surface area contributed by atoms with Crippen LogP contribution in [0.15, 0.2) is 24.3 Å². The fraction of sp³-hybridized carbons (Fsp3) is 0.333. The van der Waals surface area contributed by atoms with Crippen LogP contribution in [0.25, 0.3) is 0 Å². The van der Waals surface area contributed by atoms with E-state index in [1.807, 2.05) is 7.05 Å².